The molecule has 1 fully saturated rings. The van der Waals surface area contributed by atoms with Gasteiger partial charge in [0.05, 0.1) is 5.69 Å². The third kappa shape index (κ3) is 4.28. The molecule has 0 radical (unpaired) electrons. The van der Waals surface area contributed by atoms with Gasteiger partial charge in [-0.25, -0.2) is 8.78 Å². The van der Waals surface area contributed by atoms with Crippen molar-refractivity contribution < 1.29 is 13.6 Å². The lowest BCUT2D eigenvalue weighted by atomic mass is 9.87. The number of aromatic nitrogens is 1. The molecule has 1 atom stereocenters. The lowest BCUT2D eigenvalue weighted by Gasteiger charge is -2.36. The molecule has 4 aromatic rings. The van der Waals surface area contributed by atoms with E-state index in [-0.39, 0.29) is 29.9 Å². The maximum atomic E-state index is 14.2. The number of hydrogen-bond acceptors (Lipinski definition) is 2. The molecule has 0 saturated carbocycles. The number of anilines is 1. The highest BCUT2D eigenvalue weighted by Crippen LogP contribution is 2.35. The third-order valence-electron chi connectivity index (χ3n) is 6.76. The molecule has 1 amide bonds. The van der Waals surface area contributed by atoms with Gasteiger partial charge in [-0.1, -0.05) is 42.5 Å². The Hall–Kier alpha value is -3.67. The Morgan fingerprint density at radius 2 is 1.65 bits per heavy atom. The second-order valence-electron chi connectivity index (χ2n) is 8.84. The van der Waals surface area contributed by atoms with E-state index in [2.05, 4.69) is 10.6 Å². The number of carbonyl (C=O) groups excluding carboxylic acids is 1. The van der Waals surface area contributed by atoms with Crippen molar-refractivity contribution in [2.24, 2.45) is 7.05 Å². The number of piperazine rings is 1. The quantitative estimate of drug-likeness (QED) is 0.404. The minimum atomic E-state index is -0.311. The van der Waals surface area contributed by atoms with Crippen molar-refractivity contribution in [3.63, 3.8) is 0 Å². The van der Waals surface area contributed by atoms with Crippen molar-refractivity contribution in [3.8, 4) is 0 Å². The SMILES string of the molecule is Cn1cc(C(CC(=O)N2CCN(c3ccccc3F)CC2)c2cccc(F)c2)c2ccccc21. The molecule has 4 nitrogen and oxygen atoms in total. The molecule has 5 rings (SSSR count). The van der Waals surface area contributed by atoms with E-state index in [1.165, 1.54) is 18.2 Å². The average Bonchev–Trinajstić information content (AvgIpc) is 3.19. The first kappa shape index (κ1) is 22.1. The monoisotopic (exact) mass is 459 g/mol. The van der Waals surface area contributed by atoms with E-state index < -0.39 is 0 Å². The molecule has 34 heavy (non-hydrogen) atoms. The molecule has 6 heteroatoms. The molecule has 1 aliphatic rings. The minimum absolute atomic E-state index is 0.0235. The number of para-hydroxylation sites is 2. The van der Waals surface area contributed by atoms with Crippen LogP contribution in [0, 0.1) is 11.6 Å². The Kier molecular flexibility index (Phi) is 6.05. The predicted molar refractivity (Wildman–Crippen MR) is 131 cm³/mol. The average molecular weight is 460 g/mol. The summed E-state index contributed by atoms with van der Waals surface area (Å²) in [6.07, 6.45) is 2.29. The largest absolute Gasteiger partial charge is 0.366 e. The van der Waals surface area contributed by atoms with Gasteiger partial charge in [0, 0.05) is 62.7 Å². The second kappa shape index (κ2) is 9.29. The number of benzene rings is 3. The second-order valence-corrected chi connectivity index (χ2v) is 8.84. The summed E-state index contributed by atoms with van der Waals surface area (Å²) in [7, 11) is 1.98. The van der Waals surface area contributed by atoms with Crippen LogP contribution >= 0.6 is 0 Å². The van der Waals surface area contributed by atoms with Crippen molar-refractivity contribution in [3.05, 3.63) is 102 Å². The van der Waals surface area contributed by atoms with E-state index in [9.17, 15) is 13.6 Å². The Bertz CT molecular complexity index is 1320. The van der Waals surface area contributed by atoms with Crippen LogP contribution in [0.2, 0.25) is 0 Å². The fourth-order valence-electron chi connectivity index (χ4n) is 4.99. The minimum Gasteiger partial charge on any atom is -0.366 e. The zero-order valence-electron chi connectivity index (χ0n) is 19.1. The van der Waals surface area contributed by atoms with E-state index in [4.69, 9.17) is 0 Å². The van der Waals surface area contributed by atoms with Crippen molar-refractivity contribution >= 4 is 22.5 Å². The Labute approximate surface area is 198 Å². The summed E-state index contributed by atoms with van der Waals surface area (Å²) in [5, 5.41) is 1.07. The molecular formula is C28H27F2N3O. The topological polar surface area (TPSA) is 28.5 Å². The summed E-state index contributed by atoms with van der Waals surface area (Å²) in [6, 6.07) is 21.3. The van der Waals surface area contributed by atoms with Crippen LogP contribution < -0.4 is 4.90 Å². The number of rotatable bonds is 5. The van der Waals surface area contributed by atoms with Crippen LogP contribution in [0.1, 0.15) is 23.5 Å². The van der Waals surface area contributed by atoms with Gasteiger partial charge in [0.25, 0.3) is 0 Å². The van der Waals surface area contributed by atoms with E-state index in [0.717, 1.165) is 22.0 Å². The van der Waals surface area contributed by atoms with Gasteiger partial charge >= 0.3 is 0 Å². The van der Waals surface area contributed by atoms with Crippen LogP contribution in [-0.2, 0) is 11.8 Å². The van der Waals surface area contributed by atoms with Crippen LogP contribution in [0.25, 0.3) is 10.9 Å². The van der Waals surface area contributed by atoms with Gasteiger partial charge in [0.2, 0.25) is 5.91 Å². The summed E-state index contributed by atoms with van der Waals surface area (Å²) < 4.78 is 30.4. The van der Waals surface area contributed by atoms with Crippen molar-refractivity contribution in [2.45, 2.75) is 12.3 Å². The maximum absolute atomic E-state index is 14.2. The molecule has 2 heterocycles. The molecule has 174 valence electrons. The van der Waals surface area contributed by atoms with Gasteiger partial charge < -0.3 is 14.4 Å². The van der Waals surface area contributed by atoms with Gasteiger partial charge in [0.1, 0.15) is 11.6 Å². The van der Waals surface area contributed by atoms with Crippen LogP contribution in [0.15, 0.2) is 79.0 Å². The van der Waals surface area contributed by atoms with E-state index >= 15 is 0 Å². The highest BCUT2D eigenvalue weighted by Gasteiger charge is 2.28. The first-order chi connectivity index (χ1) is 16.5. The molecule has 1 unspecified atom stereocenters. The summed E-state index contributed by atoms with van der Waals surface area (Å²) in [5.74, 6) is -0.799. The summed E-state index contributed by atoms with van der Waals surface area (Å²) in [4.78, 5) is 17.2. The van der Waals surface area contributed by atoms with Gasteiger partial charge in [0.15, 0.2) is 0 Å². The van der Waals surface area contributed by atoms with E-state index in [1.54, 1.807) is 18.2 Å². The number of halogens is 2. The third-order valence-corrected chi connectivity index (χ3v) is 6.76. The summed E-state index contributed by atoms with van der Waals surface area (Å²) >= 11 is 0. The van der Waals surface area contributed by atoms with Crippen LogP contribution in [-0.4, -0.2) is 41.6 Å². The zero-order chi connectivity index (χ0) is 23.7. The Morgan fingerprint density at radius 3 is 2.41 bits per heavy atom. The highest BCUT2D eigenvalue weighted by atomic mass is 19.1. The molecule has 1 aromatic heterocycles. The standard InChI is InChI=1S/C28H27F2N3O/c1-31-19-24(22-9-2-4-11-26(22)31)23(20-7-6-8-21(29)17-20)18-28(34)33-15-13-32(14-16-33)27-12-5-3-10-25(27)30/h2-12,17,19,23H,13-16,18H2,1H3. The summed E-state index contributed by atoms with van der Waals surface area (Å²) in [5.41, 5.74) is 3.45. The number of aryl methyl sites for hydroxylation is 1. The van der Waals surface area contributed by atoms with Crippen LogP contribution in [0.3, 0.4) is 0 Å². The number of fused-ring (bicyclic) bond motifs is 1. The number of carbonyl (C=O) groups is 1. The zero-order valence-corrected chi connectivity index (χ0v) is 19.1. The molecule has 1 saturated heterocycles. The molecule has 0 aliphatic carbocycles. The predicted octanol–water partition coefficient (Wildman–Crippen LogP) is 5.33. The first-order valence-corrected chi connectivity index (χ1v) is 11.6. The highest BCUT2D eigenvalue weighted by molar-refractivity contribution is 5.86. The fraction of sp³-hybridized carbons (Fsp3) is 0.250. The normalized spacial score (nSPS) is 15.0. The van der Waals surface area contributed by atoms with Crippen molar-refractivity contribution in [1.29, 1.82) is 0 Å². The number of nitrogens with zero attached hydrogens (tertiary/aromatic N) is 3. The van der Waals surface area contributed by atoms with Gasteiger partial charge in [-0.15, -0.1) is 0 Å². The molecular weight excluding hydrogens is 432 g/mol. The molecule has 0 N–H and O–H groups in total. The molecule has 3 aromatic carbocycles. The van der Waals surface area contributed by atoms with Gasteiger partial charge in [-0.05, 0) is 41.5 Å². The molecule has 0 bridgehead atoms. The van der Waals surface area contributed by atoms with E-state index in [0.29, 0.717) is 31.9 Å². The van der Waals surface area contributed by atoms with Crippen LogP contribution in [0.5, 0.6) is 0 Å². The lowest BCUT2D eigenvalue weighted by Crippen LogP contribution is -2.49. The Morgan fingerprint density at radius 1 is 0.912 bits per heavy atom. The van der Waals surface area contributed by atoms with Crippen molar-refractivity contribution in [1.82, 2.24) is 9.47 Å². The van der Waals surface area contributed by atoms with Gasteiger partial charge in [-0.2, -0.15) is 0 Å². The maximum Gasteiger partial charge on any atom is 0.223 e. The lowest BCUT2D eigenvalue weighted by molar-refractivity contribution is -0.131. The summed E-state index contributed by atoms with van der Waals surface area (Å²) in [6.45, 7) is 2.20. The molecule has 1 aliphatic heterocycles. The smallest absolute Gasteiger partial charge is 0.223 e. The number of hydrogen-bond donors (Lipinski definition) is 0. The first-order valence-electron chi connectivity index (χ1n) is 11.6. The number of amides is 1. The van der Waals surface area contributed by atoms with Crippen molar-refractivity contribution in [2.75, 3.05) is 31.1 Å². The van der Waals surface area contributed by atoms with E-state index in [1.807, 2.05) is 53.4 Å². The fourth-order valence-corrected chi connectivity index (χ4v) is 4.99. The van der Waals surface area contributed by atoms with Gasteiger partial charge in [-0.3, -0.25) is 4.79 Å². The Balaban J connectivity index is 1.39. The molecule has 0 spiro atoms. The van der Waals surface area contributed by atoms with Crippen LogP contribution in [0.4, 0.5) is 14.5 Å².